The van der Waals surface area contributed by atoms with Crippen LogP contribution in [0.2, 0.25) is 0 Å². The van der Waals surface area contributed by atoms with E-state index in [1.807, 2.05) is 0 Å². The highest BCUT2D eigenvalue weighted by Crippen LogP contribution is 2.23. The number of hydrogen-bond donors (Lipinski definition) is 2. The number of nitrogens with one attached hydrogen (secondary N) is 1. The lowest BCUT2D eigenvalue weighted by Crippen LogP contribution is -2.36. The summed E-state index contributed by atoms with van der Waals surface area (Å²) in [6.45, 7) is 2.18. The lowest BCUT2D eigenvalue weighted by atomic mass is 10.1. The van der Waals surface area contributed by atoms with Crippen LogP contribution in [0.15, 0.2) is 23.4 Å². The monoisotopic (exact) mass is 280 g/mol. The van der Waals surface area contributed by atoms with Crippen LogP contribution in [-0.4, -0.2) is 29.5 Å². The molecule has 0 radical (unpaired) electrons. The van der Waals surface area contributed by atoms with Crippen molar-refractivity contribution in [2.45, 2.75) is 32.3 Å². The molecule has 0 bridgehead atoms. The van der Waals surface area contributed by atoms with E-state index in [0.717, 1.165) is 12.8 Å². The Kier molecular flexibility index (Phi) is 4.55. The lowest BCUT2D eigenvalue weighted by Gasteiger charge is -2.18. The SMILES string of the molecule is C/C(=N/O)c1cc(F)ccc1OC1CCCCNC1=O. The van der Waals surface area contributed by atoms with Gasteiger partial charge in [0.15, 0.2) is 6.10 Å². The number of carbonyl (C=O) groups excluding carboxylic acids is 1. The van der Waals surface area contributed by atoms with Gasteiger partial charge < -0.3 is 15.3 Å². The van der Waals surface area contributed by atoms with Crippen LogP contribution < -0.4 is 10.1 Å². The molecule has 5 nitrogen and oxygen atoms in total. The molecule has 2 N–H and O–H groups in total. The van der Waals surface area contributed by atoms with Gasteiger partial charge in [-0.15, -0.1) is 0 Å². The molecule has 1 saturated heterocycles. The van der Waals surface area contributed by atoms with E-state index in [-0.39, 0.29) is 11.6 Å². The number of oxime groups is 1. The highest BCUT2D eigenvalue weighted by Gasteiger charge is 2.23. The van der Waals surface area contributed by atoms with Gasteiger partial charge in [-0.2, -0.15) is 0 Å². The summed E-state index contributed by atoms with van der Waals surface area (Å²) in [4.78, 5) is 11.8. The maximum absolute atomic E-state index is 13.3. The third-order valence-electron chi connectivity index (χ3n) is 3.24. The normalized spacial score (nSPS) is 20.2. The molecule has 1 aromatic rings. The fourth-order valence-corrected chi connectivity index (χ4v) is 2.12. The molecule has 0 spiro atoms. The molecule has 0 aliphatic carbocycles. The Morgan fingerprint density at radius 3 is 3.05 bits per heavy atom. The first-order valence-electron chi connectivity index (χ1n) is 6.55. The Hall–Kier alpha value is -2.11. The van der Waals surface area contributed by atoms with Crippen molar-refractivity contribution in [2.75, 3.05) is 6.54 Å². The summed E-state index contributed by atoms with van der Waals surface area (Å²) in [5.74, 6) is -0.291. The number of hydrogen-bond acceptors (Lipinski definition) is 4. The largest absolute Gasteiger partial charge is 0.480 e. The second-order valence-electron chi connectivity index (χ2n) is 4.72. The van der Waals surface area contributed by atoms with Crippen LogP contribution in [0.3, 0.4) is 0 Å². The zero-order valence-corrected chi connectivity index (χ0v) is 11.2. The number of carbonyl (C=O) groups is 1. The van der Waals surface area contributed by atoms with Gasteiger partial charge in [-0.1, -0.05) is 5.16 Å². The van der Waals surface area contributed by atoms with Gasteiger partial charge in [0, 0.05) is 12.1 Å². The molecule has 1 aromatic carbocycles. The van der Waals surface area contributed by atoms with Crippen molar-refractivity contribution in [1.82, 2.24) is 5.32 Å². The Labute approximate surface area is 116 Å². The standard InChI is InChI=1S/C14H17FN2O3/c1-9(17-19)11-8-10(15)5-6-12(11)20-13-4-2-3-7-16-14(13)18/h5-6,8,13,19H,2-4,7H2,1H3,(H,16,18)/b17-9-. The first-order chi connectivity index (χ1) is 9.61. The summed E-state index contributed by atoms with van der Waals surface area (Å²) in [6.07, 6.45) is 1.80. The number of halogens is 1. The molecular formula is C14H17FN2O3. The van der Waals surface area contributed by atoms with Crippen LogP contribution in [0.1, 0.15) is 31.7 Å². The summed E-state index contributed by atoms with van der Waals surface area (Å²) in [5, 5.41) is 14.7. The van der Waals surface area contributed by atoms with Crippen molar-refractivity contribution in [3.8, 4) is 5.75 Å². The number of nitrogens with zero attached hydrogens (tertiary/aromatic N) is 1. The lowest BCUT2D eigenvalue weighted by molar-refractivity contribution is -0.127. The van der Waals surface area contributed by atoms with Crippen LogP contribution in [-0.2, 0) is 4.79 Å². The van der Waals surface area contributed by atoms with Gasteiger partial charge >= 0.3 is 0 Å². The Bertz CT molecular complexity index is 531. The summed E-state index contributed by atoms with van der Waals surface area (Å²) in [6, 6.07) is 3.91. The zero-order chi connectivity index (χ0) is 14.5. The molecule has 1 atom stereocenters. The smallest absolute Gasteiger partial charge is 0.261 e. The predicted octanol–water partition coefficient (Wildman–Crippen LogP) is 2.07. The fourth-order valence-electron chi connectivity index (χ4n) is 2.12. The highest BCUT2D eigenvalue weighted by atomic mass is 19.1. The first kappa shape index (κ1) is 14.3. The van der Waals surface area contributed by atoms with Gasteiger partial charge in [-0.05, 0) is 44.4 Å². The van der Waals surface area contributed by atoms with Crippen LogP contribution >= 0.6 is 0 Å². The van der Waals surface area contributed by atoms with Gasteiger partial charge in [0.1, 0.15) is 11.6 Å². The number of benzene rings is 1. The van der Waals surface area contributed by atoms with Gasteiger partial charge in [-0.25, -0.2) is 4.39 Å². The van der Waals surface area contributed by atoms with Crippen molar-refractivity contribution in [3.05, 3.63) is 29.6 Å². The Morgan fingerprint density at radius 1 is 1.50 bits per heavy atom. The molecule has 1 heterocycles. The number of rotatable bonds is 3. The predicted molar refractivity (Wildman–Crippen MR) is 71.7 cm³/mol. The van der Waals surface area contributed by atoms with E-state index in [2.05, 4.69) is 10.5 Å². The molecule has 6 heteroatoms. The second kappa shape index (κ2) is 6.36. The van der Waals surface area contributed by atoms with Crippen molar-refractivity contribution in [3.63, 3.8) is 0 Å². The van der Waals surface area contributed by atoms with Crippen LogP contribution in [0, 0.1) is 5.82 Å². The van der Waals surface area contributed by atoms with E-state index >= 15 is 0 Å². The van der Waals surface area contributed by atoms with E-state index in [1.165, 1.54) is 25.1 Å². The molecule has 1 aliphatic rings. The van der Waals surface area contributed by atoms with E-state index in [4.69, 9.17) is 9.94 Å². The Balaban J connectivity index is 2.26. The van der Waals surface area contributed by atoms with Gasteiger partial charge in [0.05, 0.1) is 5.71 Å². The van der Waals surface area contributed by atoms with Crippen LogP contribution in [0.25, 0.3) is 0 Å². The third kappa shape index (κ3) is 3.26. The minimum absolute atomic E-state index is 0.170. The quantitative estimate of drug-likeness (QED) is 0.506. The van der Waals surface area contributed by atoms with Crippen LogP contribution in [0.4, 0.5) is 4.39 Å². The topological polar surface area (TPSA) is 70.9 Å². The molecule has 1 amide bonds. The molecule has 1 unspecified atom stereocenters. The third-order valence-corrected chi connectivity index (χ3v) is 3.24. The molecule has 1 fully saturated rings. The van der Waals surface area contributed by atoms with Crippen molar-refractivity contribution < 1.29 is 19.1 Å². The molecule has 20 heavy (non-hydrogen) atoms. The highest BCUT2D eigenvalue weighted by molar-refractivity contribution is 6.00. The molecule has 0 saturated carbocycles. The Morgan fingerprint density at radius 2 is 2.30 bits per heavy atom. The maximum atomic E-state index is 13.3. The van der Waals surface area contributed by atoms with Gasteiger partial charge in [0.2, 0.25) is 0 Å². The summed E-state index contributed by atoms with van der Waals surface area (Å²) in [7, 11) is 0. The zero-order valence-electron chi connectivity index (χ0n) is 11.2. The van der Waals surface area contributed by atoms with E-state index in [9.17, 15) is 9.18 Å². The van der Waals surface area contributed by atoms with E-state index in [0.29, 0.717) is 24.3 Å². The summed E-state index contributed by atoms with van der Waals surface area (Å²) < 4.78 is 19.0. The summed E-state index contributed by atoms with van der Waals surface area (Å²) in [5.41, 5.74) is 0.568. The molecule has 1 aliphatic heterocycles. The number of amides is 1. The minimum atomic E-state index is -0.604. The number of ether oxygens (including phenoxy) is 1. The van der Waals surface area contributed by atoms with Gasteiger partial charge in [0.25, 0.3) is 5.91 Å². The molecule has 108 valence electrons. The minimum Gasteiger partial charge on any atom is -0.480 e. The average molecular weight is 280 g/mol. The van der Waals surface area contributed by atoms with Crippen molar-refractivity contribution in [2.24, 2.45) is 5.16 Å². The van der Waals surface area contributed by atoms with Crippen molar-refractivity contribution >= 4 is 11.6 Å². The maximum Gasteiger partial charge on any atom is 0.261 e. The van der Waals surface area contributed by atoms with Crippen molar-refractivity contribution in [1.29, 1.82) is 0 Å². The second-order valence-corrected chi connectivity index (χ2v) is 4.72. The van der Waals surface area contributed by atoms with E-state index in [1.54, 1.807) is 0 Å². The van der Waals surface area contributed by atoms with Gasteiger partial charge in [-0.3, -0.25) is 4.79 Å². The average Bonchev–Trinajstić information content (AvgIpc) is 2.65. The molecule has 0 aromatic heterocycles. The summed E-state index contributed by atoms with van der Waals surface area (Å²) >= 11 is 0. The first-order valence-corrected chi connectivity index (χ1v) is 6.55. The van der Waals surface area contributed by atoms with Crippen LogP contribution in [0.5, 0.6) is 5.75 Å². The molecular weight excluding hydrogens is 263 g/mol. The fraction of sp³-hybridized carbons (Fsp3) is 0.429. The molecule has 2 rings (SSSR count). The van der Waals surface area contributed by atoms with E-state index < -0.39 is 11.9 Å².